The van der Waals surface area contributed by atoms with E-state index in [0.717, 1.165) is 0 Å². The van der Waals surface area contributed by atoms with Crippen molar-refractivity contribution in [3.8, 4) is 0 Å². The molecule has 0 aliphatic carbocycles. The molecule has 1 heterocycles. The number of thiocarbonyl (C=S) groups is 1. The van der Waals surface area contributed by atoms with Gasteiger partial charge in [-0.1, -0.05) is 29.8 Å². The second-order valence-corrected chi connectivity index (χ2v) is 5.86. The van der Waals surface area contributed by atoms with Crippen LogP contribution in [0.3, 0.4) is 0 Å². The zero-order valence-electron chi connectivity index (χ0n) is 12.3. The molecule has 1 aliphatic rings. The molecule has 24 heavy (non-hydrogen) atoms. The highest BCUT2D eigenvalue weighted by atomic mass is 35.5. The van der Waals surface area contributed by atoms with Crippen LogP contribution in [-0.4, -0.2) is 23.1 Å². The van der Waals surface area contributed by atoms with Crippen molar-refractivity contribution < 1.29 is 9.59 Å². The number of nitrogens with one attached hydrogen (secondary N) is 1. The van der Waals surface area contributed by atoms with Gasteiger partial charge in [-0.2, -0.15) is 0 Å². The zero-order valence-corrected chi connectivity index (χ0v) is 13.9. The SMILES string of the molecule is O=C1NC(=S)N(c2ccccc2)C(=O)[C@H]1C=Nc1ccc(Cl)cc1. The van der Waals surface area contributed by atoms with Gasteiger partial charge in [0, 0.05) is 11.2 Å². The van der Waals surface area contributed by atoms with Gasteiger partial charge in [0.25, 0.3) is 5.91 Å². The summed E-state index contributed by atoms with van der Waals surface area (Å²) < 4.78 is 0. The molecule has 1 saturated heterocycles. The maximum atomic E-state index is 12.7. The van der Waals surface area contributed by atoms with Crippen molar-refractivity contribution in [2.75, 3.05) is 4.90 Å². The molecule has 0 bridgehead atoms. The standard InChI is InChI=1S/C17H12ClN3O2S/c18-11-6-8-12(9-7-11)19-10-14-15(22)20-17(24)21(16(14)23)13-4-2-1-3-5-13/h1-10,14H,(H,20,22,24)/t14-/m0/s1. The topological polar surface area (TPSA) is 61.8 Å². The molecule has 120 valence electrons. The Kier molecular flexibility index (Phi) is 4.69. The van der Waals surface area contributed by atoms with Crippen molar-refractivity contribution in [2.24, 2.45) is 10.9 Å². The molecule has 5 nitrogen and oxygen atoms in total. The smallest absolute Gasteiger partial charge is 0.251 e. The number of carbonyl (C=O) groups is 2. The lowest BCUT2D eigenvalue weighted by Gasteiger charge is -2.30. The largest absolute Gasteiger partial charge is 0.301 e. The summed E-state index contributed by atoms with van der Waals surface area (Å²) in [5.41, 5.74) is 1.19. The van der Waals surface area contributed by atoms with Crippen LogP contribution >= 0.6 is 23.8 Å². The Bertz CT molecular complexity index is 821. The Morgan fingerprint density at radius 2 is 1.75 bits per heavy atom. The third-order valence-corrected chi connectivity index (χ3v) is 3.95. The molecule has 2 amide bonds. The molecular weight excluding hydrogens is 346 g/mol. The summed E-state index contributed by atoms with van der Waals surface area (Å²) >= 11 is 10.9. The molecule has 0 aromatic heterocycles. The van der Waals surface area contributed by atoms with Crippen LogP contribution in [0.15, 0.2) is 59.6 Å². The van der Waals surface area contributed by atoms with Crippen molar-refractivity contribution in [2.45, 2.75) is 0 Å². The van der Waals surface area contributed by atoms with E-state index in [9.17, 15) is 9.59 Å². The average Bonchev–Trinajstić information content (AvgIpc) is 2.57. The third-order valence-electron chi connectivity index (χ3n) is 3.42. The number of carbonyl (C=O) groups excluding carboxylic acids is 2. The van der Waals surface area contributed by atoms with Gasteiger partial charge in [0.05, 0.1) is 11.4 Å². The van der Waals surface area contributed by atoms with E-state index in [1.807, 2.05) is 6.07 Å². The van der Waals surface area contributed by atoms with Crippen molar-refractivity contribution in [1.82, 2.24) is 5.32 Å². The molecule has 3 rings (SSSR count). The molecule has 0 unspecified atom stereocenters. The molecule has 7 heteroatoms. The van der Waals surface area contributed by atoms with E-state index in [1.165, 1.54) is 11.1 Å². The van der Waals surface area contributed by atoms with Gasteiger partial charge in [0.15, 0.2) is 11.0 Å². The first-order valence-electron chi connectivity index (χ1n) is 7.10. The first-order valence-corrected chi connectivity index (χ1v) is 7.88. The predicted molar refractivity (Wildman–Crippen MR) is 97.8 cm³/mol. The number of benzene rings is 2. The summed E-state index contributed by atoms with van der Waals surface area (Å²) in [6, 6.07) is 15.7. The Morgan fingerprint density at radius 3 is 2.42 bits per heavy atom. The molecule has 1 atom stereocenters. The first-order chi connectivity index (χ1) is 11.6. The normalized spacial score (nSPS) is 18.1. The number of hydrogen-bond donors (Lipinski definition) is 1. The van der Waals surface area contributed by atoms with Gasteiger partial charge in [0.1, 0.15) is 0 Å². The summed E-state index contributed by atoms with van der Waals surface area (Å²) in [5.74, 6) is -1.98. The second kappa shape index (κ2) is 6.90. The molecule has 1 N–H and O–H groups in total. The number of nitrogens with zero attached hydrogens (tertiary/aromatic N) is 2. The third kappa shape index (κ3) is 3.34. The van der Waals surface area contributed by atoms with Crippen LogP contribution in [0.5, 0.6) is 0 Å². The van der Waals surface area contributed by atoms with Crippen molar-refractivity contribution in [1.29, 1.82) is 0 Å². The van der Waals surface area contributed by atoms with Crippen molar-refractivity contribution in [3.05, 3.63) is 59.6 Å². The van der Waals surface area contributed by atoms with Crippen molar-refractivity contribution in [3.63, 3.8) is 0 Å². The van der Waals surface area contributed by atoms with E-state index < -0.39 is 17.7 Å². The zero-order chi connectivity index (χ0) is 17.1. The maximum Gasteiger partial charge on any atom is 0.251 e. The first kappa shape index (κ1) is 16.3. The molecule has 2 aromatic carbocycles. The highest BCUT2D eigenvalue weighted by molar-refractivity contribution is 7.80. The highest BCUT2D eigenvalue weighted by Crippen LogP contribution is 2.21. The molecule has 0 saturated carbocycles. The lowest BCUT2D eigenvalue weighted by atomic mass is 10.1. The fraction of sp³-hybridized carbons (Fsp3) is 0.0588. The van der Waals surface area contributed by atoms with Crippen LogP contribution in [0.25, 0.3) is 0 Å². The van der Waals surface area contributed by atoms with Crippen molar-refractivity contribution >= 4 is 58.3 Å². The molecule has 1 aliphatic heterocycles. The number of amides is 2. The van der Waals surface area contributed by atoms with Gasteiger partial charge in [0.2, 0.25) is 5.91 Å². The summed E-state index contributed by atoms with van der Waals surface area (Å²) in [7, 11) is 0. The van der Waals surface area contributed by atoms with E-state index >= 15 is 0 Å². The molecule has 2 aromatic rings. The minimum atomic E-state index is -1.05. The Balaban J connectivity index is 1.87. The number of para-hydroxylation sites is 1. The Labute approximate surface area is 148 Å². The molecular formula is C17H12ClN3O2S. The fourth-order valence-corrected chi connectivity index (χ4v) is 2.65. The van der Waals surface area contributed by atoms with E-state index in [0.29, 0.717) is 16.4 Å². The molecule has 0 radical (unpaired) electrons. The number of anilines is 1. The van der Waals surface area contributed by atoms with E-state index in [-0.39, 0.29) is 5.11 Å². The predicted octanol–water partition coefficient (Wildman–Crippen LogP) is 3.11. The van der Waals surface area contributed by atoms with Gasteiger partial charge in [-0.05, 0) is 48.6 Å². The lowest BCUT2D eigenvalue weighted by molar-refractivity contribution is -0.130. The minimum Gasteiger partial charge on any atom is -0.301 e. The highest BCUT2D eigenvalue weighted by Gasteiger charge is 2.38. The monoisotopic (exact) mass is 357 g/mol. The second-order valence-electron chi connectivity index (χ2n) is 5.04. The van der Waals surface area contributed by atoms with E-state index in [2.05, 4.69) is 10.3 Å². The number of hydrogen-bond acceptors (Lipinski definition) is 4. The summed E-state index contributed by atoms with van der Waals surface area (Å²) in [5, 5.41) is 3.19. The van der Waals surface area contributed by atoms with Gasteiger partial charge in [-0.25, -0.2) is 0 Å². The molecule has 0 spiro atoms. The number of aliphatic imine (C=N–C) groups is 1. The van der Waals surface area contributed by atoms with Gasteiger partial charge in [-0.15, -0.1) is 0 Å². The Morgan fingerprint density at radius 1 is 1.08 bits per heavy atom. The van der Waals surface area contributed by atoms with Crippen LogP contribution in [0.4, 0.5) is 11.4 Å². The Hall–Kier alpha value is -2.57. The van der Waals surface area contributed by atoms with Gasteiger partial charge < -0.3 is 5.32 Å². The van der Waals surface area contributed by atoms with Crippen LogP contribution < -0.4 is 10.2 Å². The van der Waals surface area contributed by atoms with Gasteiger partial charge in [-0.3, -0.25) is 19.5 Å². The minimum absolute atomic E-state index is 0.0624. The summed E-state index contributed by atoms with van der Waals surface area (Å²) in [6.07, 6.45) is 1.32. The number of rotatable bonds is 3. The number of halogens is 1. The van der Waals surface area contributed by atoms with Crippen LogP contribution in [0.2, 0.25) is 5.02 Å². The van der Waals surface area contributed by atoms with Gasteiger partial charge >= 0.3 is 0 Å². The summed E-state index contributed by atoms with van der Waals surface area (Å²) in [6.45, 7) is 0. The quantitative estimate of drug-likeness (QED) is 0.521. The maximum absolute atomic E-state index is 12.7. The lowest BCUT2D eigenvalue weighted by Crippen LogP contribution is -2.58. The van der Waals surface area contributed by atoms with Crippen LogP contribution in [0.1, 0.15) is 0 Å². The molecule has 1 fully saturated rings. The van der Waals surface area contributed by atoms with Crippen LogP contribution in [0, 0.1) is 5.92 Å². The average molecular weight is 358 g/mol. The van der Waals surface area contributed by atoms with E-state index in [4.69, 9.17) is 23.8 Å². The van der Waals surface area contributed by atoms with Crippen LogP contribution in [-0.2, 0) is 9.59 Å². The van der Waals surface area contributed by atoms with E-state index in [1.54, 1.807) is 48.5 Å². The summed E-state index contributed by atoms with van der Waals surface area (Å²) in [4.78, 5) is 30.3. The fourth-order valence-electron chi connectivity index (χ4n) is 2.23.